The van der Waals surface area contributed by atoms with E-state index in [-0.39, 0.29) is 31.1 Å². The lowest BCUT2D eigenvalue weighted by Crippen LogP contribution is -2.13. The normalized spacial score (nSPS) is 10.7. The zero-order valence-corrected chi connectivity index (χ0v) is 11.6. The molecule has 0 unspecified atom stereocenters. The molecule has 0 amide bonds. The highest BCUT2D eigenvalue weighted by Gasteiger charge is 2.10. The number of benzene rings is 1. The molecule has 1 aromatic carbocycles. The van der Waals surface area contributed by atoms with Gasteiger partial charge in [0.2, 0.25) is 0 Å². The van der Waals surface area contributed by atoms with Gasteiger partial charge in [-0.15, -0.1) is 5.10 Å². The minimum absolute atomic E-state index is 0.0835. The van der Waals surface area contributed by atoms with Gasteiger partial charge in [-0.25, -0.2) is 9.07 Å². The van der Waals surface area contributed by atoms with E-state index in [2.05, 4.69) is 26.2 Å². The Labute approximate surface area is 117 Å². The predicted molar refractivity (Wildman–Crippen MR) is 70.7 cm³/mol. The van der Waals surface area contributed by atoms with Crippen LogP contribution in [0.4, 0.5) is 4.39 Å². The number of aromatic nitrogens is 3. The van der Waals surface area contributed by atoms with E-state index in [0.29, 0.717) is 15.7 Å². The molecule has 2 N–H and O–H groups in total. The Morgan fingerprint density at radius 3 is 2.95 bits per heavy atom. The molecule has 19 heavy (non-hydrogen) atoms. The fourth-order valence-electron chi connectivity index (χ4n) is 1.64. The van der Waals surface area contributed by atoms with E-state index in [0.717, 1.165) is 0 Å². The van der Waals surface area contributed by atoms with Gasteiger partial charge in [0.25, 0.3) is 0 Å². The van der Waals surface area contributed by atoms with Crippen LogP contribution in [0.15, 0.2) is 28.9 Å². The second-order valence-corrected chi connectivity index (χ2v) is 4.92. The summed E-state index contributed by atoms with van der Waals surface area (Å²) in [6, 6.07) is 4.26. The Hall–Kier alpha value is -1.60. The minimum atomic E-state index is -0.364. The Kier molecular flexibility index (Phi) is 4.39. The van der Waals surface area contributed by atoms with E-state index >= 15 is 0 Å². The van der Waals surface area contributed by atoms with Gasteiger partial charge >= 0.3 is 0 Å². The molecule has 1 aromatic heterocycles. The Morgan fingerprint density at radius 2 is 2.26 bits per heavy atom. The van der Waals surface area contributed by atoms with Crippen molar-refractivity contribution in [3.05, 3.63) is 45.9 Å². The molecular formula is C12H12BrFN4O. The van der Waals surface area contributed by atoms with Crippen molar-refractivity contribution in [2.75, 3.05) is 0 Å². The monoisotopic (exact) mass is 326 g/mol. The molecule has 0 radical (unpaired) electrons. The third kappa shape index (κ3) is 3.68. The molecule has 0 fully saturated rings. The van der Waals surface area contributed by atoms with Gasteiger partial charge in [-0.1, -0.05) is 21.1 Å². The summed E-state index contributed by atoms with van der Waals surface area (Å²) in [7, 11) is 0. The number of nitrogens with zero attached hydrogens (tertiary/aromatic N) is 3. The van der Waals surface area contributed by atoms with Crippen LogP contribution in [0.2, 0.25) is 0 Å². The smallest absolute Gasteiger partial charge is 0.158 e. The second kappa shape index (κ2) is 6.03. The maximum absolute atomic E-state index is 13.1. The first-order valence-electron chi connectivity index (χ1n) is 5.63. The number of hydrogen-bond acceptors (Lipinski definition) is 4. The average Bonchev–Trinajstić information content (AvgIpc) is 2.81. The van der Waals surface area contributed by atoms with Gasteiger partial charge < -0.3 is 5.73 Å². The van der Waals surface area contributed by atoms with E-state index in [9.17, 15) is 9.18 Å². The zero-order chi connectivity index (χ0) is 13.8. The van der Waals surface area contributed by atoms with Crippen LogP contribution in [0.5, 0.6) is 0 Å². The van der Waals surface area contributed by atoms with Crippen LogP contribution in [-0.4, -0.2) is 20.8 Å². The summed E-state index contributed by atoms with van der Waals surface area (Å²) in [4.78, 5) is 11.9. The van der Waals surface area contributed by atoms with Gasteiger partial charge in [0.15, 0.2) is 5.78 Å². The Bertz CT molecular complexity index is 599. The number of rotatable bonds is 5. The molecule has 0 aliphatic carbocycles. The molecule has 0 aliphatic heterocycles. The van der Waals surface area contributed by atoms with Crippen LogP contribution in [0.3, 0.4) is 0 Å². The first-order chi connectivity index (χ1) is 9.08. The number of carbonyl (C=O) groups excluding carboxylic acids is 1. The molecule has 7 heteroatoms. The molecule has 2 aromatic rings. The van der Waals surface area contributed by atoms with Gasteiger partial charge in [-0.3, -0.25) is 4.79 Å². The molecule has 2 rings (SSSR count). The molecule has 0 atom stereocenters. The van der Waals surface area contributed by atoms with Gasteiger partial charge in [-0.2, -0.15) is 0 Å². The molecular weight excluding hydrogens is 315 g/mol. The molecule has 0 bridgehead atoms. The average molecular weight is 327 g/mol. The summed E-state index contributed by atoms with van der Waals surface area (Å²) >= 11 is 3.29. The number of hydrogen-bond donors (Lipinski definition) is 1. The van der Waals surface area contributed by atoms with Gasteiger partial charge in [-0.05, 0) is 23.8 Å². The molecule has 1 heterocycles. The largest absolute Gasteiger partial charge is 0.325 e. The van der Waals surface area contributed by atoms with E-state index in [4.69, 9.17) is 5.73 Å². The summed E-state index contributed by atoms with van der Waals surface area (Å²) < 4.78 is 15.2. The van der Waals surface area contributed by atoms with Crippen LogP contribution in [-0.2, 0) is 24.3 Å². The van der Waals surface area contributed by atoms with Crippen molar-refractivity contribution in [1.29, 1.82) is 0 Å². The first kappa shape index (κ1) is 13.8. The van der Waals surface area contributed by atoms with Crippen molar-refractivity contribution < 1.29 is 9.18 Å². The quantitative estimate of drug-likeness (QED) is 0.902. The lowest BCUT2D eigenvalue weighted by Gasteiger charge is -2.04. The van der Waals surface area contributed by atoms with Crippen molar-refractivity contribution >= 4 is 21.7 Å². The van der Waals surface area contributed by atoms with E-state index in [1.54, 1.807) is 12.3 Å². The van der Waals surface area contributed by atoms with Gasteiger partial charge in [0.05, 0.1) is 11.9 Å². The molecule has 0 saturated heterocycles. The summed E-state index contributed by atoms with van der Waals surface area (Å²) in [6.45, 7) is 0.375. The van der Waals surface area contributed by atoms with Crippen LogP contribution in [0.1, 0.15) is 11.3 Å². The van der Waals surface area contributed by atoms with Crippen LogP contribution < -0.4 is 5.73 Å². The Balaban J connectivity index is 2.03. The van der Waals surface area contributed by atoms with E-state index in [1.807, 2.05) is 0 Å². The predicted octanol–water partition coefficient (Wildman–Crippen LogP) is 1.45. The number of carbonyl (C=O) groups is 1. The number of halogens is 2. The minimum Gasteiger partial charge on any atom is -0.325 e. The van der Waals surface area contributed by atoms with E-state index < -0.39 is 0 Å². The van der Waals surface area contributed by atoms with Crippen molar-refractivity contribution in [3.63, 3.8) is 0 Å². The van der Waals surface area contributed by atoms with Crippen LogP contribution in [0, 0.1) is 5.82 Å². The fourth-order valence-corrected chi connectivity index (χ4v) is 2.02. The molecule has 0 spiro atoms. The summed E-state index contributed by atoms with van der Waals surface area (Å²) in [5.41, 5.74) is 6.65. The first-order valence-corrected chi connectivity index (χ1v) is 6.42. The fraction of sp³-hybridized carbons (Fsp3) is 0.250. The molecule has 100 valence electrons. The summed E-state index contributed by atoms with van der Waals surface area (Å²) in [5.74, 6) is -0.447. The maximum atomic E-state index is 13.1. The van der Waals surface area contributed by atoms with E-state index in [1.165, 1.54) is 16.8 Å². The highest BCUT2D eigenvalue weighted by atomic mass is 79.9. The lowest BCUT2D eigenvalue weighted by atomic mass is 10.1. The third-order valence-corrected chi connectivity index (χ3v) is 3.30. The van der Waals surface area contributed by atoms with Crippen molar-refractivity contribution in [2.24, 2.45) is 5.73 Å². The van der Waals surface area contributed by atoms with Crippen LogP contribution >= 0.6 is 15.9 Å². The number of ketones is 1. The number of Topliss-reactive ketones (excluding diaryl/α,β-unsaturated/α-hetero) is 1. The van der Waals surface area contributed by atoms with Gasteiger partial charge in [0, 0.05) is 17.4 Å². The molecule has 0 saturated carbocycles. The standard InChI is InChI=1S/C12H12BrFN4O/c13-12-2-1-9(14)3-8(12)4-11(19)7-18-6-10(5-15)16-17-18/h1-3,6H,4-5,7,15H2. The Morgan fingerprint density at radius 1 is 1.47 bits per heavy atom. The topological polar surface area (TPSA) is 73.8 Å². The van der Waals surface area contributed by atoms with Crippen molar-refractivity contribution in [1.82, 2.24) is 15.0 Å². The summed E-state index contributed by atoms with van der Waals surface area (Å²) in [5, 5.41) is 7.58. The second-order valence-electron chi connectivity index (χ2n) is 4.06. The molecule has 0 aliphatic rings. The maximum Gasteiger partial charge on any atom is 0.158 e. The molecule has 5 nitrogen and oxygen atoms in total. The highest BCUT2D eigenvalue weighted by Crippen LogP contribution is 2.18. The zero-order valence-electron chi connectivity index (χ0n) is 10.0. The van der Waals surface area contributed by atoms with Crippen LogP contribution in [0.25, 0.3) is 0 Å². The van der Waals surface area contributed by atoms with Crippen molar-refractivity contribution in [2.45, 2.75) is 19.5 Å². The number of nitrogens with two attached hydrogens (primary N) is 1. The summed E-state index contributed by atoms with van der Waals surface area (Å²) in [6.07, 6.45) is 1.76. The van der Waals surface area contributed by atoms with Crippen molar-refractivity contribution in [3.8, 4) is 0 Å². The third-order valence-electron chi connectivity index (χ3n) is 2.53. The highest BCUT2D eigenvalue weighted by molar-refractivity contribution is 9.10. The SMILES string of the molecule is NCc1cn(CC(=O)Cc2cc(F)ccc2Br)nn1. The lowest BCUT2D eigenvalue weighted by molar-refractivity contribution is -0.119. The van der Waals surface area contributed by atoms with Gasteiger partial charge in [0.1, 0.15) is 12.4 Å².